The Morgan fingerprint density at radius 1 is 1.29 bits per heavy atom. The Hall–Kier alpha value is -1.46. The van der Waals surface area contributed by atoms with Gasteiger partial charge >= 0.3 is 0 Å². The molecule has 3 nitrogen and oxygen atoms in total. The SMILES string of the molecule is Brc1cccc(-c2csc(-c3ncc[nH]3)n2)c1. The minimum absolute atomic E-state index is 0.816. The Labute approximate surface area is 111 Å². The van der Waals surface area contributed by atoms with Gasteiger partial charge < -0.3 is 4.98 Å². The highest BCUT2D eigenvalue weighted by atomic mass is 79.9. The number of halogens is 1. The van der Waals surface area contributed by atoms with Gasteiger partial charge in [0.1, 0.15) is 0 Å². The van der Waals surface area contributed by atoms with Crippen LogP contribution in [0.1, 0.15) is 0 Å². The maximum Gasteiger partial charge on any atom is 0.166 e. The molecule has 17 heavy (non-hydrogen) atoms. The van der Waals surface area contributed by atoms with Crippen molar-refractivity contribution < 1.29 is 0 Å². The summed E-state index contributed by atoms with van der Waals surface area (Å²) in [5.74, 6) is 0.816. The molecule has 0 unspecified atom stereocenters. The summed E-state index contributed by atoms with van der Waals surface area (Å²) in [6, 6.07) is 8.11. The van der Waals surface area contributed by atoms with Crippen molar-refractivity contribution in [3.8, 4) is 22.1 Å². The van der Waals surface area contributed by atoms with Gasteiger partial charge in [-0.15, -0.1) is 11.3 Å². The van der Waals surface area contributed by atoms with Gasteiger partial charge in [-0.3, -0.25) is 0 Å². The first-order valence-electron chi connectivity index (χ1n) is 5.04. The van der Waals surface area contributed by atoms with Gasteiger partial charge in [0.2, 0.25) is 0 Å². The molecule has 0 saturated carbocycles. The lowest BCUT2D eigenvalue weighted by Gasteiger charge is -1.96. The summed E-state index contributed by atoms with van der Waals surface area (Å²) < 4.78 is 1.06. The number of H-pyrrole nitrogens is 1. The predicted octanol–water partition coefficient (Wildman–Crippen LogP) is 3.96. The second kappa shape index (κ2) is 4.43. The average Bonchev–Trinajstić information content (AvgIpc) is 3.00. The molecular weight excluding hydrogens is 298 g/mol. The van der Waals surface area contributed by atoms with E-state index < -0.39 is 0 Å². The molecule has 1 N–H and O–H groups in total. The zero-order valence-electron chi connectivity index (χ0n) is 8.72. The standard InChI is InChI=1S/C12H8BrN3S/c13-9-3-1-2-8(6-9)10-7-17-12(16-10)11-14-4-5-15-11/h1-7H,(H,14,15). The smallest absolute Gasteiger partial charge is 0.166 e. The van der Waals surface area contributed by atoms with Crippen molar-refractivity contribution in [1.82, 2.24) is 15.0 Å². The number of rotatable bonds is 2. The molecule has 0 amide bonds. The van der Waals surface area contributed by atoms with Crippen LogP contribution in [0.15, 0.2) is 46.5 Å². The minimum Gasteiger partial charge on any atom is -0.343 e. The quantitative estimate of drug-likeness (QED) is 0.778. The van der Waals surface area contributed by atoms with Crippen molar-refractivity contribution in [2.45, 2.75) is 0 Å². The maximum atomic E-state index is 4.57. The van der Waals surface area contributed by atoms with E-state index in [1.807, 2.05) is 23.6 Å². The fraction of sp³-hybridized carbons (Fsp3) is 0. The lowest BCUT2D eigenvalue weighted by Crippen LogP contribution is -1.81. The van der Waals surface area contributed by atoms with Gasteiger partial charge in [-0.2, -0.15) is 0 Å². The van der Waals surface area contributed by atoms with E-state index in [4.69, 9.17) is 0 Å². The number of thiazole rings is 1. The molecule has 0 atom stereocenters. The molecule has 0 bridgehead atoms. The summed E-state index contributed by atoms with van der Waals surface area (Å²) in [7, 11) is 0. The van der Waals surface area contributed by atoms with Crippen LogP contribution >= 0.6 is 27.3 Å². The number of aromatic amines is 1. The molecule has 84 valence electrons. The summed E-state index contributed by atoms with van der Waals surface area (Å²) in [6.07, 6.45) is 3.53. The van der Waals surface area contributed by atoms with Crippen LogP contribution in [0.4, 0.5) is 0 Å². The van der Waals surface area contributed by atoms with E-state index in [2.05, 4.69) is 36.9 Å². The number of nitrogens with zero attached hydrogens (tertiary/aromatic N) is 2. The van der Waals surface area contributed by atoms with E-state index in [0.717, 1.165) is 26.6 Å². The third kappa shape index (κ3) is 2.16. The minimum atomic E-state index is 0.816. The Morgan fingerprint density at radius 3 is 3.00 bits per heavy atom. The Kier molecular flexibility index (Phi) is 2.78. The van der Waals surface area contributed by atoms with Crippen LogP contribution in [-0.2, 0) is 0 Å². The number of imidazole rings is 1. The molecule has 2 aromatic heterocycles. The average molecular weight is 306 g/mol. The van der Waals surface area contributed by atoms with Gasteiger partial charge in [0, 0.05) is 27.8 Å². The molecule has 3 aromatic rings. The van der Waals surface area contributed by atoms with E-state index in [9.17, 15) is 0 Å². The van der Waals surface area contributed by atoms with Crippen LogP contribution in [0.3, 0.4) is 0 Å². The maximum absolute atomic E-state index is 4.57. The lowest BCUT2D eigenvalue weighted by atomic mass is 10.2. The fourth-order valence-corrected chi connectivity index (χ4v) is 2.73. The first kappa shape index (κ1) is 10.7. The van der Waals surface area contributed by atoms with Crippen molar-refractivity contribution in [2.24, 2.45) is 0 Å². The fourth-order valence-electron chi connectivity index (χ4n) is 1.55. The molecule has 2 heterocycles. The highest BCUT2D eigenvalue weighted by molar-refractivity contribution is 9.10. The highest BCUT2D eigenvalue weighted by Crippen LogP contribution is 2.28. The van der Waals surface area contributed by atoms with E-state index in [1.54, 1.807) is 23.7 Å². The van der Waals surface area contributed by atoms with Gasteiger partial charge in [-0.05, 0) is 12.1 Å². The van der Waals surface area contributed by atoms with Crippen molar-refractivity contribution >= 4 is 27.3 Å². The van der Waals surface area contributed by atoms with Crippen molar-refractivity contribution in [3.63, 3.8) is 0 Å². The summed E-state index contributed by atoms with van der Waals surface area (Å²) in [6.45, 7) is 0. The normalized spacial score (nSPS) is 10.6. The van der Waals surface area contributed by atoms with E-state index >= 15 is 0 Å². The molecule has 0 saturated heterocycles. The summed E-state index contributed by atoms with van der Waals surface area (Å²) in [5.41, 5.74) is 2.08. The molecule has 3 rings (SSSR count). The number of aromatic nitrogens is 3. The van der Waals surface area contributed by atoms with E-state index in [1.165, 1.54) is 0 Å². The van der Waals surface area contributed by atoms with Crippen LogP contribution in [0, 0.1) is 0 Å². The van der Waals surface area contributed by atoms with Crippen LogP contribution in [0.25, 0.3) is 22.1 Å². The molecule has 0 fully saturated rings. The molecule has 0 aliphatic carbocycles. The molecule has 0 aliphatic heterocycles. The van der Waals surface area contributed by atoms with Crippen LogP contribution in [0.2, 0.25) is 0 Å². The summed E-state index contributed by atoms with van der Waals surface area (Å²) in [4.78, 5) is 11.8. The van der Waals surface area contributed by atoms with Crippen molar-refractivity contribution in [3.05, 3.63) is 46.5 Å². The second-order valence-electron chi connectivity index (χ2n) is 3.49. The zero-order chi connectivity index (χ0) is 11.7. The molecule has 0 radical (unpaired) electrons. The monoisotopic (exact) mass is 305 g/mol. The van der Waals surface area contributed by atoms with Gasteiger partial charge in [0.05, 0.1) is 5.69 Å². The number of hydrogen-bond donors (Lipinski definition) is 1. The Bertz CT molecular complexity index is 631. The molecule has 5 heteroatoms. The number of hydrogen-bond acceptors (Lipinski definition) is 3. The molecular formula is C12H8BrN3S. The van der Waals surface area contributed by atoms with Gasteiger partial charge in [-0.25, -0.2) is 9.97 Å². The molecule has 0 spiro atoms. The third-order valence-corrected chi connectivity index (χ3v) is 3.67. The van der Waals surface area contributed by atoms with Crippen LogP contribution in [-0.4, -0.2) is 15.0 Å². The van der Waals surface area contributed by atoms with Crippen molar-refractivity contribution in [1.29, 1.82) is 0 Å². The summed E-state index contributed by atoms with van der Waals surface area (Å²) >= 11 is 5.05. The van der Waals surface area contributed by atoms with Gasteiger partial charge in [-0.1, -0.05) is 28.1 Å². The van der Waals surface area contributed by atoms with E-state index in [0.29, 0.717) is 0 Å². The number of nitrogens with one attached hydrogen (secondary N) is 1. The Morgan fingerprint density at radius 2 is 2.24 bits per heavy atom. The summed E-state index contributed by atoms with van der Waals surface area (Å²) in [5, 5.41) is 2.95. The number of benzene rings is 1. The van der Waals surface area contributed by atoms with E-state index in [-0.39, 0.29) is 0 Å². The lowest BCUT2D eigenvalue weighted by molar-refractivity contribution is 1.27. The predicted molar refractivity (Wildman–Crippen MR) is 72.8 cm³/mol. The first-order chi connectivity index (χ1) is 8.33. The highest BCUT2D eigenvalue weighted by Gasteiger charge is 2.08. The van der Waals surface area contributed by atoms with Gasteiger partial charge in [0.25, 0.3) is 0 Å². The molecule has 0 aliphatic rings. The topological polar surface area (TPSA) is 41.6 Å². The largest absolute Gasteiger partial charge is 0.343 e. The Balaban J connectivity index is 2.01. The second-order valence-corrected chi connectivity index (χ2v) is 5.26. The van der Waals surface area contributed by atoms with Gasteiger partial charge in [0.15, 0.2) is 10.8 Å². The first-order valence-corrected chi connectivity index (χ1v) is 6.71. The molecule has 1 aromatic carbocycles. The van der Waals surface area contributed by atoms with Crippen LogP contribution < -0.4 is 0 Å². The third-order valence-electron chi connectivity index (χ3n) is 2.33. The van der Waals surface area contributed by atoms with Crippen LogP contribution in [0.5, 0.6) is 0 Å². The van der Waals surface area contributed by atoms with Crippen molar-refractivity contribution in [2.75, 3.05) is 0 Å². The zero-order valence-corrected chi connectivity index (χ0v) is 11.1.